The summed E-state index contributed by atoms with van der Waals surface area (Å²) < 4.78 is 31.6. The Balaban J connectivity index is 0. The van der Waals surface area contributed by atoms with Crippen molar-refractivity contribution in [1.82, 2.24) is 10.0 Å². The van der Waals surface area contributed by atoms with Crippen molar-refractivity contribution in [2.45, 2.75) is 6.92 Å². The fourth-order valence-electron chi connectivity index (χ4n) is 0.549. The van der Waals surface area contributed by atoms with Crippen molar-refractivity contribution < 1.29 is 17.5 Å². The average molecular weight is 310 g/mol. The number of nitrogens with one attached hydrogen (secondary N) is 2. The van der Waals surface area contributed by atoms with E-state index in [1.165, 1.54) is 16.2 Å². The summed E-state index contributed by atoms with van der Waals surface area (Å²) in [6, 6.07) is 0. The van der Waals surface area contributed by atoms with E-state index in [0.29, 0.717) is 5.71 Å². The first-order valence-corrected chi connectivity index (χ1v) is 6.18. The van der Waals surface area contributed by atoms with Gasteiger partial charge in [-0.15, -0.1) is 0 Å². The van der Waals surface area contributed by atoms with E-state index < -0.39 is 10.4 Å². The molecule has 0 aromatic heterocycles. The minimum Gasteiger partial charge on any atom is -0.369 e. The minimum absolute atomic E-state index is 0.164. The lowest BCUT2D eigenvalue weighted by molar-refractivity contribution is 0.381. The van der Waals surface area contributed by atoms with Crippen LogP contribution in [0.4, 0.5) is 0 Å². The molecule has 0 atom stereocenters. The molecule has 0 radical (unpaired) electrons. The van der Waals surface area contributed by atoms with Crippen LogP contribution < -0.4 is 11.5 Å². The highest BCUT2D eigenvalue weighted by molar-refractivity contribution is 7.79. The van der Waals surface area contributed by atoms with Gasteiger partial charge in [-0.3, -0.25) is 19.9 Å². The zero-order valence-electron chi connectivity index (χ0n) is 11.1. The zero-order valence-corrected chi connectivity index (χ0v) is 12.0. The van der Waals surface area contributed by atoms with Gasteiger partial charge in [-0.1, -0.05) is 0 Å². The maximum Gasteiger partial charge on any atom is 0.394 e. The van der Waals surface area contributed by atoms with Crippen LogP contribution in [0.5, 0.6) is 0 Å². The van der Waals surface area contributed by atoms with Crippen LogP contribution in [-0.4, -0.2) is 65.5 Å². The molecule has 0 spiro atoms. The van der Waals surface area contributed by atoms with E-state index in [1.807, 2.05) is 0 Å². The van der Waals surface area contributed by atoms with Gasteiger partial charge in [0.2, 0.25) is 11.9 Å². The predicted molar refractivity (Wildman–Crippen MR) is 75.1 cm³/mol. The van der Waals surface area contributed by atoms with E-state index >= 15 is 0 Å². The van der Waals surface area contributed by atoms with Crippen molar-refractivity contribution in [3.8, 4) is 0 Å². The van der Waals surface area contributed by atoms with Gasteiger partial charge in [-0.2, -0.15) is 18.6 Å². The van der Waals surface area contributed by atoms with Crippen LogP contribution in [0.3, 0.4) is 0 Å². The summed E-state index contributed by atoms with van der Waals surface area (Å²) in [7, 11) is -1.57. The summed E-state index contributed by atoms with van der Waals surface area (Å²) in [5.74, 6) is -0.332. The molecule has 20 heavy (non-hydrogen) atoms. The number of guanidine groups is 2. The summed E-state index contributed by atoms with van der Waals surface area (Å²) in [6.07, 6.45) is 1.42. The first kappa shape index (κ1) is 20.1. The van der Waals surface area contributed by atoms with Crippen LogP contribution in [0.15, 0.2) is 10.2 Å². The van der Waals surface area contributed by atoms with Gasteiger partial charge >= 0.3 is 10.4 Å². The van der Waals surface area contributed by atoms with Crippen molar-refractivity contribution in [3.63, 3.8) is 0 Å². The number of nitrogens with zero attached hydrogens (tertiary/aromatic N) is 4. The van der Waals surface area contributed by atoms with Gasteiger partial charge in [-0.25, -0.2) is 10.0 Å². The Morgan fingerprint density at radius 2 is 1.50 bits per heavy atom. The lowest BCUT2D eigenvalue weighted by Crippen LogP contribution is -2.30. The molecule has 0 aliphatic heterocycles. The Labute approximate surface area is 116 Å². The summed E-state index contributed by atoms with van der Waals surface area (Å²) >= 11 is 0. The molecule has 0 aliphatic carbocycles. The maximum atomic E-state index is 8.74. The molecule has 13 heteroatoms. The van der Waals surface area contributed by atoms with Gasteiger partial charge in [0.05, 0.1) is 11.9 Å². The molecule has 0 bridgehead atoms. The Morgan fingerprint density at radius 3 is 1.80 bits per heavy atom. The first-order valence-electron chi connectivity index (χ1n) is 4.79. The fraction of sp³-hybridized carbons (Fsp3) is 0.429. The lowest BCUT2D eigenvalue weighted by Gasteiger charge is -2.11. The van der Waals surface area contributed by atoms with E-state index in [0.717, 1.165) is 0 Å². The summed E-state index contributed by atoms with van der Waals surface area (Å²) in [5, 5.41) is 24.2. The molecule has 0 rings (SSSR count). The third kappa shape index (κ3) is 15.8. The standard InChI is InChI=1S/C7H16N8.H2O4S/c1-5(13-15(3)7(10)11)4-12-14(2)6(8)9;1-5(2,3)4/h4H,1-3H3,(H3,8,9)(H3,10,11);(H2,1,2,3,4)/b12-4+,13-5+;. The second kappa shape index (κ2) is 8.78. The molecule has 8 N–H and O–H groups in total. The molecule has 0 fully saturated rings. The molecular weight excluding hydrogens is 292 g/mol. The van der Waals surface area contributed by atoms with E-state index in [1.54, 1.807) is 21.0 Å². The smallest absolute Gasteiger partial charge is 0.369 e. The summed E-state index contributed by atoms with van der Waals surface area (Å²) in [4.78, 5) is 0. The third-order valence-corrected chi connectivity index (χ3v) is 1.42. The molecule has 0 saturated heterocycles. The van der Waals surface area contributed by atoms with Crippen LogP contribution in [0.1, 0.15) is 6.92 Å². The maximum absolute atomic E-state index is 8.74. The SMILES string of the molecule is CC(/C=N/N(C)C(=N)N)=N\N(C)C(=N)N.O=S(=O)(O)O. The van der Waals surface area contributed by atoms with Gasteiger partial charge in [0.1, 0.15) is 0 Å². The predicted octanol–water partition coefficient (Wildman–Crippen LogP) is -1.65. The van der Waals surface area contributed by atoms with Crippen LogP contribution in [0, 0.1) is 10.8 Å². The van der Waals surface area contributed by atoms with Crippen LogP contribution in [0.2, 0.25) is 0 Å². The van der Waals surface area contributed by atoms with Crippen molar-refractivity contribution >= 4 is 34.2 Å². The second-order valence-corrected chi connectivity index (χ2v) is 4.15. The highest BCUT2D eigenvalue weighted by atomic mass is 32.3. The molecule has 0 aromatic carbocycles. The van der Waals surface area contributed by atoms with Crippen molar-refractivity contribution in [3.05, 3.63) is 0 Å². The molecule has 0 aliphatic rings. The van der Waals surface area contributed by atoms with E-state index in [2.05, 4.69) is 10.2 Å². The fourth-order valence-corrected chi connectivity index (χ4v) is 0.549. The van der Waals surface area contributed by atoms with Crippen molar-refractivity contribution in [2.24, 2.45) is 21.7 Å². The Morgan fingerprint density at radius 1 is 1.15 bits per heavy atom. The van der Waals surface area contributed by atoms with Gasteiger partial charge in [-0.05, 0) is 6.92 Å². The van der Waals surface area contributed by atoms with E-state index in [9.17, 15) is 0 Å². The van der Waals surface area contributed by atoms with Crippen LogP contribution in [0.25, 0.3) is 0 Å². The van der Waals surface area contributed by atoms with Gasteiger partial charge in [0, 0.05) is 14.1 Å². The highest BCUT2D eigenvalue weighted by Crippen LogP contribution is 1.85. The number of rotatable bonds is 3. The van der Waals surface area contributed by atoms with Crippen LogP contribution in [-0.2, 0) is 10.4 Å². The molecule has 0 amide bonds. The first-order chi connectivity index (χ1) is 8.84. The number of hydrogen-bond acceptors (Lipinski definition) is 6. The summed E-state index contributed by atoms with van der Waals surface area (Å²) in [5.41, 5.74) is 10.9. The molecule has 0 saturated carbocycles. The monoisotopic (exact) mass is 310 g/mol. The Kier molecular flexibility index (Phi) is 8.82. The van der Waals surface area contributed by atoms with Gasteiger partial charge < -0.3 is 11.5 Å². The molecule has 0 heterocycles. The Hall–Kier alpha value is -2.25. The number of hydrogen-bond donors (Lipinski definition) is 6. The average Bonchev–Trinajstić information content (AvgIpc) is 2.22. The van der Waals surface area contributed by atoms with Gasteiger partial charge in [0.25, 0.3) is 0 Å². The summed E-state index contributed by atoms with van der Waals surface area (Å²) in [6.45, 7) is 1.69. The van der Waals surface area contributed by atoms with E-state index in [4.69, 9.17) is 39.8 Å². The minimum atomic E-state index is -4.67. The van der Waals surface area contributed by atoms with E-state index in [-0.39, 0.29) is 11.9 Å². The highest BCUT2D eigenvalue weighted by Gasteiger charge is 1.97. The second-order valence-electron chi connectivity index (χ2n) is 3.25. The third-order valence-electron chi connectivity index (χ3n) is 1.42. The quantitative estimate of drug-likeness (QED) is 0.153. The lowest BCUT2D eigenvalue weighted by atomic mass is 10.5. The number of hydrazone groups is 2. The number of nitrogens with two attached hydrogens (primary N) is 2. The molecule has 116 valence electrons. The Bertz CT molecular complexity index is 491. The normalized spacial score (nSPS) is 11.6. The molecule has 12 nitrogen and oxygen atoms in total. The zero-order chi connectivity index (χ0) is 16.5. The molecule has 0 aromatic rings. The van der Waals surface area contributed by atoms with Crippen molar-refractivity contribution in [2.75, 3.05) is 14.1 Å². The van der Waals surface area contributed by atoms with Crippen LogP contribution >= 0.6 is 0 Å². The molecule has 0 unspecified atom stereocenters. The van der Waals surface area contributed by atoms with Crippen molar-refractivity contribution in [1.29, 1.82) is 10.8 Å². The molecular formula is C7H18N8O4S. The largest absolute Gasteiger partial charge is 0.394 e. The van der Waals surface area contributed by atoms with Gasteiger partial charge in [0.15, 0.2) is 0 Å². The topological polar surface area (TPSA) is 206 Å².